The molecule has 0 aromatic heterocycles. The predicted molar refractivity (Wildman–Crippen MR) is 106 cm³/mol. The Morgan fingerprint density at radius 2 is 1.25 bits per heavy atom. The van der Waals surface area contributed by atoms with E-state index in [1.165, 1.54) is 22.3 Å². The van der Waals surface area contributed by atoms with E-state index in [-0.39, 0.29) is 5.54 Å². The summed E-state index contributed by atoms with van der Waals surface area (Å²) >= 11 is -0.556. The van der Waals surface area contributed by atoms with Crippen molar-refractivity contribution >= 4 is 26.8 Å². The average Bonchev–Trinajstić information content (AvgIpc) is 2.81. The summed E-state index contributed by atoms with van der Waals surface area (Å²) in [5, 5.41) is 0. The summed E-state index contributed by atoms with van der Waals surface area (Å²) in [5.41, 5.74) is 6.55. The van der Waals surface area contributed by atoms with Crippen LogP contribution in [0.3, 0.4) is 0 Å². The number of halogens is 2. The van der Waals surface area contributed by atoms with Crippen LogP contribution in [0.1, 0.15) is 37.4 Å². The third-order valence-corrected chi connectivity index (χ3v) is 7.71. The van der Waals surface area contributed by atoms with Crippen LogP contribution in [0.4, 0.5) is 0 Å². The zero-order valence-electron chi connectivity index (χ0n) is 15.0. The molecule has 24 heavy (non-hydrogen) atoms. The predicted octanol–water partition coefficient (Wildman–Crippen LogP) is 6.31. The second kappa shape index (κ2) is 8.07. The van der Waals surface area contributed by atoms with Crippen LogP contribution < -0.4 is 4.98 Å². The van der Waals surface area contributed by atoms with Gasteiger partial charge in [-0.1, -0.05) is 61.6 Å². The summed E-state index contributed by atoms with van der Waals surface area (Å²) in [4.78, 5) is 3.96. The molecule has 3 rings (SSSR count). The molecule has 0 atom stereocenters. The van der Waals surface area contributed by atoms with E-state index in [1.54, 1.807) is 0 Å². The molecule has 2 aromatic carbocycles. The first-order chi connectivity index (χ1) is 11.2. The Morgan fingerprint density at radius 3 is 1.62 bits per heavy atom. The molecular weight excluding hydrogens is 389 g/mol. The van der Waals surface area contributed by atoms with Crippen LogP contribution >= 0.6 is 18.6 Å². The molecule has 0 aliphatic heterocycles. The SMILES string of the molecule is CC(C)(C)N[Si](C)(C)C1c2ccccc2-c2ccccc21.[Cl][Ti][Cl]. The standard InChI is InChI=1S/C19H25NSi.2ClH.Ti/c1-19(2,3)20-21(4,5)18-16-12-8-6-10-14(16)15-11-7-9-13-17(15)18;;;/h6-13,18,20H,1-5H3;2*1H;/q;;;+2/p-2. The van der Waals surface area contributed by atoms with Crippen molar-refractivity contribution in [2.24, 2.45) is 0 Å². The third kappa shape index (κ3) is 4.55. The van der Waals surface area contributed by atoms with Crippen LogP contribution in [-0.4, -0.2) is 13.8 Å². The van der Waals surface area contributed by atoms with Crippen LogP contribution in [0.5, 0.6) is 0 Å². The monoisotopic (exact) mass is 413 g/mol. The molecule has 0 saturated carbocycles. The number of hydrogen-bond acceptors (Lipinski definition) is 1. The maximum absolute atomic E-state index is 4.89. The van der Waals surface area contributed by atoms with Gasteiger partial charge in [-0.3, -0.25) is 0 Å². The van der Waals surface area contributed by atoms with Crippen molar-refractivity contribution in [3.63, 3.8) is 0 Å². The number of rotatable bonds is 2. The maximum atomic E-state index is 4.89. The zero-order chi connectivity index (χ0) is 18.0. The van der Waals surface area contributed by atoms with Gasteiger partial charge >= 0.3 is 35.6 Å². The molecule has 5 heteroatoms. The number of nitrogens with one attached hydrogen (secondary N) is 1. The Morgan fingerprint density at radius 1 is 0.875 bits per heavy atom. The minimum atomic E-state index is -1.66. The van der Waals surface area contributed by atoms with Gasteiger partial charge in [-0.25, -0.2) is 0 Å². The second-order valence-electron chi connectivity index (χ2n) is 7.78. The Labute approximate surface area is 163 Å². The van der Waals surface area contributed by atoms with Crippen molar-refractivity contribution in [3.05, 3.63) is 59.7 Å². The van der Waals surface area contributed by atoms with Crippen molar-refractivity contribution in [2.75, 3.05) is 0 Å². The van der Waals surface area contributed by atoms with Crippen LogP contribution in [0.25, 0.3) is 11.1 Å². The van der Waals surface area contributed by atoms with Gasteiger partial charge in [0.1, 0.15) is 8.24 Å². The molecule has 2 aromatic rings. The van der Waals surface area contributed by atoms with Crippen molar-refractivity contribution in [1.29, 1.82) is 0 Å². The molecule has 0 spiro atoms. The first-order valence-corrected chi connectivity index (χ1v) is 15.5. The topological polar surface area (TPSA) is 12.0 Å². The van der Waals surface area contributed by atoms with Gasteiger partial charge in [0.25, 0.3) is 0 Å². The van der Waals surface area contributed by atoms with E-state index < -0.39 is 25.3 Å². The fraction of sp³-hybridized carbons (Fsp3) is 0.368. The summed E-state index contributed by atoms with van der Waals surface area (Å²) < 4.78 is 0. The van der Waals surface area contributed by atoms with Crippen molar-refractivity contribution in [2.45, 2.75) is 44.9 Å². The van der Waals surface area contributed by atoms with E-state index in [9.17, 15) is 0 Å². The van der Waals surface area contributed by atoms with Crippen LogP contribution in [0, 0.1) is 0 Å². The summed E-state index contributed by atoms with van der Waals surface area (Å²) in [6, 6.07) is 17.9. The molecular formula is C19H25Cl2NSiTi. The van der Waals surface area contributed by atoms with E-state index in [2.05, 4.69) is 87.4 Å². The van der Waals surface area contributed by atoms with Crippen LogP contribution in [-0.2, 0) is 17.0 Å². The molecule has 1 aliphatic rings. The molecule has 0 unspecified atom stereocenters. The molecule has 1 aliphatic carbocycles. The van der Waals surface area contributed by atoms with Crippen LogP contribution in [0.2, 0.25) is 13.1 Å². The van der Waals surface area contributed by atoms with Crippen LogP contribution in [0.15, 0.2) is 48.5 Å². The number of fused-ring (bicyclic) bond motifs is 3. The molecule has 0 bridgehead atoms. The van der Waals surface area contributed by atoms with Gasteiger partial charge in [0, 0.05) is 11.1 Å². The van der Waals surface area contributed by atoms with E-state index in [4.69, 9.17) is 18.6 Å². The molecule has 0 heterocycles. The van der Waals surface area contributed by atoms with E-state index in [0.717, 1.165) is 0 Å². The zero-order valence-corrected chi connectivity index (χ0v) is 19.0. The molecule has 128 valence electrons. The quantitative estimate of drug-likeness (QED) is 0.568. The van der Waals surface area contributed by atoms with Crippen molar-refractivity contribution in [3.8, 4) is 11.1 Å². The summed E-state index contributed by atoms with van der Waals surface area (Å²) in [7, 11) is 8.12. The second-order valence-corrected chi connectivity index (χ2v) is 14.6. The number of benzene rings is 2. The van der Waals surface area contributed by atoms with E-state index in [1.807, 2.05) is 0 Å². The Balaban J connectivity index is 0.000000647. The number of hydrogen-bond donors (Lipinski definition) is 1. The van der Waals surface area contributed by atoms with Gasteiger partial charge in [-0.15, -0.1) is 0 Å². The normalized spacial score (nSPS) is 13.6. The molecule has 1 N–H and O–H groups in total. The van der Waals surface area contributed by atoms with Crippen molar-refractivity contribution < 1.29 is 17.0 Å². The Hall–Kier alpha value is -0.0888. The van der Waals surface area contributed by atoms with Crippen molar-refractivity contribution in [1.82, 2.24) is 4.98 Å². The fourth-order valence-corrected chi connectivity index (χ4v) is 8.11. The molecule has 0 radical (unpaired) electrons. The molecule has 0 amide bonds. The Kier molecular flexibility index (Phi) is 6.80. The van der Waals surface area contributed by atoms with Gasteiger partial charge in [0.05, 0.1) is 0 Å². The molecule has 0 fully saturated rings. The minimum absolute atomic E-state index is 0.155. The van der Waals surface area contributed by atoms with Gasteiger partial charge < -0.3 is 4.98 Å². The molecule has 0 saturated heterocycles. The van der Waals surface area contributed by atoms with Gasteiger partial charge in [-0.05, 0) is 43.0 Å². The van der Waals surface area contributed by atoms with E-state index in [0.29, 0.717) is 5.54 Å². The summed E-state index contributed by atoms with van der Waals surface area (Å²) in [5.74, 6) is 0. The Bertz CT molecular complexity index is 652. The summed E-state index contributed by atoms with van der Waals surface area (Å²) in [6.07, 6.45) is 0. The first-order valence-electron chi connectivity index (χ1n) is 8.15. The summed E-state index contributed by atoms with van der Waals surface area (Å²) in [6.45, 7) is 11.7. The fourth-order valence-electron chi connectivity index (χ4n) is 3.97. The van der Waals surface area contributed by atoms with E-state index >= 15 is 0 Å². The average molecular weight is 414 g/mol. The third-order valence-electron chi connectivity index (χ3n) is 4.25. The van der Waals surface area contributed by atoms with Gasteiger partial charge in [0.15, 0.2) is 0 Å². The first kappa shape index (κ1) is 20.2. The van der Waals surface area contributed by atoms with Gasteiger partial charge in [0.2, 0.25) is 0 Å². The molecule has 1 nitrogen and oxygen atoms in total. The van der Waals surface area contributed by atoms with Gasteiger partial charge in [-0.2, -0.15) is 0 Å².